The summed E-state index contributed by atoms with van der Waals surface area (Å²) in [6.45, 7) is 0. The molecule has 0 aliphatic heterocycles. The molecule has 3 aromatic rings. The van der Waals surface area contributed by atoms with Crippen LogP contribution >= 0.6 is 0 Å². The number of hydrogen-bond acceptors (Lipinski definition) is 3. The molecule has 0 N–H and O–H groups in total. The van der Waals surface area contributed by atoms with Crippen molar-refractivity contribution in [3.05, 3.63) is 42.2 Å². The Morgan fingerprint density at radius 1 is 1.35 bits per heavy atom. The van der Waals surface area contributed by atoms with Crippen LogP contribution in [0.2, 0.25) is 0 Å². The molecule has 0 saturated carbocycles. The third kappa shape index (κ3) is 1.45. The van der Waals surface area contributed by atoms with Crippen molar-refractivity contribution in [1.29, 1.82) is 0 Å². The minimum absolute atomic E-state index is 0.645. The van der Waals surface area contributed by atoms with Crippen LogP contribution in [-0.4, -0.2) is 15.8 Å². The number of fused-ring (bicyclic) bond motifs is 1. The van der Waals surface area contributed by atoms with Crippen molar-refractivity contribution in [3.8, 4) is 11.6 Å². The predicted molar refractivity (Wildman–Crippen MR) is 63.8 cm³/mol. The third-order valence-electron chi connectivity index (χ3n) is 2.78. The zero-order chi connectivity index (χ0) is 11.8. The van der Waals surface area contributed by atoms with Crippen LogP contribution in [0.15, 0.2) is 41.0 Å². The SMILES string of the molecule is Cn1c(-c2ccco2)nc2ccc(C=O)cc21. The second kappa shape index (κ2) is 3.59. The summed E-state index contributed by atoms with van der Waals surface area (Å²) in [5.74, 6) is 1.48. The maximum Gasteiger partial charge on any atom is 0.176 e. The number of aromatic nitrogens is 2. The molecule has 17 heavy (non-hydrogen) atoms. The molecular weight excluding hydrogens is 216 g/mol. The van der Waals surface area contributed by atoms with Gasteiger partial charge >= 0.3 is 0 Å². The number of imidazole rings is 1. The summed E-state index contributed by atoms with van der Waals surface area (Å²) in [7, 11) is 1.90. The van der Waals surface area contributed by atoms with E-state index in [2.05, 4.69) is 4.98 Å². The fourth-order valence-corrected chi connectivity index (χ4v) is 1.91. The van der Waals surface area contributed by atoms with Gasteiger partial charge in [-0.15, -0.1) is 0 Å². The molecule has 4 nitrogen and oxygen atoms in total. The highest BCUT2D eigenvalue weighted by molar-refractivity contribution is 5.86. The van der Waals surface area contributed by atoms with Crippen molar-refractivity contribution >= 4 is 17.3 Å². The van der Waals surface area contributed by atoms with Gasteiger partial charge in [0.1, 0.15) is 6.29 Å². The minimum Gasteiger partial charge on any atom is -0.461 e. The van der Waals surface area contributed by atoms with Gasteiger partial charge in [-0.05, 0) is 30.3 Å². The molecule has 0 unspecified atom stereocenters. The molecule has 0 aliphatic rings. The third-order valence-corrected chi connectivity index (χ3v) is 2.78. The molecule has 2 aromatic heterocycles. The first-order valence-electron chi connectivity index (χ1n) is 5.25. The van der Waals surface area contributed by atoms with Crippen LogP contribution in [-0.2, 0) is 7.05 Å². The molecule has 0 atom stereocenters. The van der Waals surface area contributed by atoms with Crippen LogP contribution in [0, 0.1) is 0 Å². The number of furan rings is 1. The zero-order valence-electron chi connectivity index (χ0n) is 9.25. The summed E-state index contributed by atoms with van der Waals surface area (Å²) >= 11 is 0. The van der Waals surface area contributed by atoms with E-state index in [4.69, 9.17) is 4.42 Å². The molecule has 0 fully saturated rings. The van der Waals surface area contributed by atoms with Crippen LogP contribution in [0.3, 0.4) is 0 Å². The molecule has 0 saturated heterocycles. The Morgan fingerprint density at radius 2 is 2.24 bits per heavy atom. The average molecular weight is 226 g/mol. The van der Waals surface area contributed by atoms with Gasteiger partial charge in [-0.2, -0.15) is 0 Å². The highest BCUT2D eigenvalue weighted by Crippen LogP contribution is 2.24. The second-order valence-corrected chi connectivity index (χ2v) is 3.84. The lowest BCUT2D eigenvalue weighted by Crippen LogP contribution is -1.91. The molecule has 84 valence electrons. The smallest absolute Gasteiger partial charge is 0.176 e. The van der Waals surface area contributed by atoms with Gasteiger partial charge in [0, 0.05) is 12.6 Å². The van der Waals surface area contributed by atoms with Gasteiger partial charge in [0.25, 0.3) is 0 Å². The van der Waals surface area contributed by atoms with Crippen molar-refractivity contribution in [1.82, 2.24) is 9.55 Å². The normalized spacial score (nSPS) is 10.9. The first-order valence-corrected chi connectivity index (χ1v) is 5.25. The Labute approximate surface area is 97.5 Å². The fourth-order valence-electron chi connectivity index (χ4n) is 1.91. The number of nitrogens with zero attached hydrogens (tertiary/aromatic N) is 2. The van der Waals surface area contributed by atoms with Gasteiger partial charge in [0.15, 0.2) is 11.6 Å². The number of carbonyl (C=O) groups excluding carboxylic acids is 1. The van der Waals surface area contributed by atoms with Crippen LogP contribution < -0.4 is 0 Å². The average Bonchev–Trinajstić information content (AvgIpc) is 2.97. The molecule has 0 bridgehead atoms. The van der Waals surface area contributed by atoms with E-state index >= 15 is 0 Å². The van der Waals surface area contributed by atoms with Crippen molar-refractivity contribution in [2.45, 2.75) is 0 Å². The molecule has 0 amide bonds. The first kappa shape index (κ1) is 9.84. The quantitative estimate of drug-likeness (QED) is 0.631. The highest BCUT2D eigenvalue weighted by atomic mass is 16.3. The minimum atomic E-state index is 0.645. The lowest BCUT2D eigenvalue weighted by atomic mass is 10.2. The van der Waals surface area contributed by atoms with Gasteiger partial charge < -0.3 is 8.98 Å². The number of hydrogen-bond donors (Lipinski definition) is 0. The number of rotatable bonds is 2. The van der Waals surface area contributed by atoms with Gasteiger partial charge in [0.2, 0.25) is 0 Å². The van der Waals surface area contributed by atoms with E-state index in [0.29, 0.717) is 5.56 Å². The van der Waals surface area contributed by atoms with Gasteiger partial charge in [-0.3, -0.25) is 4.79 Å². The lowest BCUT2D eigenvalue weighted by Gasteiger charge is -1.98. The Morgan fingerprint density at radius 3 is 2.94 bits per heavy atom. The van der Waals surface area contributed by atoms with Crippen LogP contribution in [0.1, 0.15) is 10.4 Å². The summed E-state index contributed by atoms with van der Waals surface area (Å²) in [6, 6.07) is 9.11. The zero-order valence-corrected chi connectivity index (χ0v) is 9.25. The maximum atomic E-state index is 10.7. The topological polar surface area (TPSA) is 48.0 Å². The summed E-state index contributed by atoms with van der Waals surface area (Å²) in [5, 5.41) is 0. The standard InChI is InChI=1S/C13H10N2O2/c1-15-11-7-9(8-16)4-5-10(11)14-13(15)12-3-2-6-17-12/h2-8H,1H3. The summed E-state index contributed by atoms with van der Waals surface area (Å²) in [6.07, 6.45) is 2.45. The largest absolute Gasteiger partial charge is 0.461 e. The fraction of sp³-hybridized carbons (Fsp3) is 0.0769. The van der Waals surface area contributed by atoms with Gasteiger partial charge in [-0.25, -0.2) is 4.98 Å². The van der Waals surface area contributed by atoms with E-state index in [9.17, 15) is 4.79 Å². The Kier molecular flexibility index (Phi) is 2.08. The second-order valence-electron chi connectivity index (χ2n) is 3.84. The van der Waals surface area contributed by atoms with Crippen LogP contribution in [0.4, 0.5) is 0 Å². The molecular formula is C13H10N2O2. The number of benzene rings is 1. The van der Waals surface area contributed by atoms with E-state index in [1.165, 1.54) is 0 Å². The molecule has 2 heterocycles. The lowest BCUT2D eigenvalue weighted by molar-refractivity contribution is 0.112. The van der Waals surface area contributed by atoms with Crippen molar-refractivity contribution in [2.75, 3.05) is 0 Å². The molecule has 0 aliphatic carbocycles. The van der Waals surface area contributed by atoms with Crippen LogP contribution in [0.5, 0.6) is 0 Å². The number of carbonyl (C=O) groups is 1. The first-order chi connectivity index (χ1) is 8.29. The van der Waals surface area contributed by atoms with Gasteiger partial charge in [0.05, 0.1) is 17.3 Å². The van der Waals surface area contributed by atoms with E-state index in [1.54, 1.807) is 12.3 Å². The monoisotopic (exact) mass is 226 g/mol. The molecule has 3 rings (SSSR count). The molecule has 0 spiro atoms. The summed E-state index contributed by atoms with van der Waals surface area (Å²) < 4.78 is 7.25. The summed E-state index contributed by atoms with van der Waals surface area (Å²) in [4.78, 5) is 15.2. The molecule has 4 heteroatoms. The molecule has 1 aromatic carbocycles. The van der Waals surface area contributed by atoms with Crippen molar-refractivity contribution in [3.63, 3.8) is 0 Å². The Balaban J connectivity index is 2.29. The number of aryl methyl sites for hydroxylation is 1. The van der Waals surface area contributed by atoms with E-state index in [1.807, 2.05) is 35.9 Å². The summed E-state index contributed by atoms with van der Waals surface area (Å²) in [5.41, 5.74) is 2.41. The molecule has 0 radical (unpaired) electrons. The van der Waals surface area contributed by atoms with Crippen LogP contribution in [0.25, 0.3) is 22.6 Å². The van der Waals surface area contributed by atoms with Gasteiger partial charge in [-0.1, -0.05) is 0 Å². The Hall–Kier alpha value is -2.36. The van der Waals surface area contributed by atoms with Crippen molar-refractivity contribution < 1.29 is 9.21 Å². The highest BCUT2D eigenvalue weighted by Gasteiger charge is 2.11. The predicted octanol–water partition coefficient (Wildman–Crippen LogP) is 2.65. The maximum absolute atomic E-state index is 10.7. The number of aldehydes is 1. The van der Waals surface area contributed by atoms with E-state index in [-0.39, 0.29) is 0 Å². The van der Waals surface area contributed by atoms with E-state index in [0.717, 1.165) is 28.9 Å². The van der Waals surface area contributed by atoms with Crippen molar-refractivity contribution in [2.24, 2.45) is 7.05 Å². The Bertz CT molecular complexity index is 681. The van der Waals surface area contributed by atoms with E-state index < -0.39 is 0 Å².